The van der Waals surface area contributed by atoms with Gasteiger partial charge in [0.1, 0.15) is 36.6 Å². The van der Waals surface area contributed by atoms with Gasteiger partial charge in [0.2, 0.25) is 0 Å². The Kier molecular flexibility index (Phi) is 3.84. The number of hydrogen-bond acceptors (Lipinski definition) is 5. The van der Waals surface area contributed by atoms with Crippen LogP contribution in [0.1, 0.15) is 12.8 Å². The van der Waals surface area contributed by atoms with Crippen LogP contribution >= 0.6 is 0 Å². The zero-order chi connectivity index (χ0) is 14.8. The Labute approximate surface area is 122 Å². The SMILES string of the molecule is C#CC#CC=C=C[C@@H]1O[C@H]1[C@@H]1O[C@H]1[C@H](O)[C@H]1CCC(=O)O1. The van der Waals surface area contributed by atoms with E-state index >= 15 is 0 Å². The fourth-order valence-corrected chi connectivity index (χ4v) is 2.47. The molecule has 3 fully saturated rings. The molecule has 6 atom stereocenters. The van der Waals surface area contributed by atoms with Gasteiger partial charge in [-0.3, -0.25) is 4.79 Å². The lowest BCUT2D eigenvalue weighted by Crippen LogP contribution is -2.32. The highest BCUT2D eigenvalue weighted by Crippen LogP contribution is 2.42. The van der Waals surface area contributed by atoms with Gasteiger partial charge in [0.15, 0.2) is 0 Å². The standard InChI is InChI=1S/C16H14O5/c1-2-3-4-5-6-7-11-14(20-11)16-15(21-16)13(18)10-8-9-12(17)19-10/h1,5,7,10-11,13-16,18H,8-9H2/t6?,10-,11+,13-,14-,15+,16+/m1/s1. The molecule has 108 valence electrons. The summed E-state index contributed by atoms with van der Waals surface area (Å²) in [4.78, 5) is 11.0. The second-order valence-corrected chi connectivity index (χ2v) is 5.08. The van der Waals surface area contributed by atoms with Gasteiger partial charge in [-0.15, -0.1) is 12.2 Å². The molecule has 0 radical (unpaired) electrons. The van der Waals surface area contributed by atoms with E-state index in [1.54, 1.807) is 6.08 Å². The van der Waals surface area contributed by atoms with Crippen LogP contribution in [0, 0.1) is 24.2 Å². The average Bonchev–Trinajstić information content (AvgIpc) is 3.35. The van der Waals surface area contributed by atoms with Crippen molar-refractivity contribution in [3.63, 3.8) is 0 Å². The topological polar surface area (TPSA) is 71.6 Å². The molecule has 3 saturated heterocycles. The first-order valence-electron chi connectivity index (χ1n) is 6.76. The number of ether oxygens (including phenoxy) is 3. The monoisotopic (exact) mass is 286 g/mol. The third-order valence-electron chi connectivity index (χ3n) is 3.64. The number of terminal acetylenes is 1. The van der Waals surface area contributed by atoms with Crippen molar-refractivity contribution < 1.29 is 24.1 Å². The zero-order valence-corrected chi connectivity index (χ0v) is 11.2. The van der Waals surface area contributed by atoms with Gasteiger partial charge in [0, 0.05) is 12.5 Å². The minimum absolute atomic E-state index is 0.0803. The van der Waals surface area contributed by atoms with Crippen molar-refractivity contribution in [3.8, 4) is 24.2 Å². The summed E-state index contributed by atoms with van der Waals surface area (Å²) < 4.78 is 15.9. The molecule has 0 aromatic carbocycles. The summed E-state index contributed by atoms with van der Waals surface area (Å²) in [6.45, 7) is 0. The molecule has 0 aromatic rings. The van der Waals surface area contributed by atoms with Crippen molar-refractivity contribution in [2.24, 2.45) is 0 Å². The fourth-order valence-electron chi connectivity index (χ4n) is 2.47. The summed E-state index contributed by atoms with van der Waals surface area (Å²) >= 11 is 0. The number of cyclic esters (lactones) is 1. The lowest BCUT2D eigenvalue weighted by Gasteiger charge is -2.14. The number of carbonyl (C=O) groups is 1. The number of rotatable bonds is 4. The van der Waals surface area contributed by atoms with E-state index in [0.717, 1.165) is 0 Å². The van der Waals surface area contributed by atoms with Gasteiger partial charge in [-0.25, -0.2) is 0 Å². The molecule has 0 bridgehead atoms. The van der Waals surface area contributed by atoms with Crippen LogP contribution in [-0.2, 0) is 19.0 Å². The number of hydrogen-bond donors (Lipinski definition) is 1. The third kappa shape index (κ3) is 3.19. The van der Waals surface area contributed by atoms with Gasteiger partial charge in [-0.1, -0.05) is 5.92 Å². The van der Waals surface area contributed by atoms with Gasteiger partial charge in [0.05, 0.1) is 0 Å². The minimum atomic E-state index is -0.785. The molecule has 5 nitrogen and oxygen atoms in total. The normalized spacial score (nSPS) is 37.1. The molecular formula is C16H14O5. The van der Waals surface area contributed by atoms with E-state index in [2.05, 4.69) is 23.5 Å². The van der Waals surface area contributed by atoms with E-state index in [0.29, 0.717) is 12.8 Å². The summed E-state index contributed by atoms with van der Waals surface area (Å²) in [6.07, 6.45) is 7.26. The zero-order valence-electron chi connectivity index (χ0n) is 11.2. The number of carbonyl (C=O) groups excluding carboxylic acids is 1. The first kappa shape index (κ1) is 13.9. The molecular weight excluding hydrogens is 272 g/mol. The molecule has 1 N–H and O–H groups in total. The summed E-state index contributed by atoms with van der Waals surface area (Å²) in [6, 6.07) is 0. The number of epoxide rings is 2. The highest BCUT2D eigenvalue weighted by Gasteiger charge is 2.60. The van der Waals surface area contributed by atoms with Crippen molar-refractivity contribution in [3.05, 3.63) is 17.9 Å². The van der Waals surface area contributed by atoms with Crippen LogP contribution in [-0.4, -0.2) is 47.7 Å². The Morgan fingerprint density at radius 1 is 1.38 bits per heavy atom. The molecule has 0 aliphatic carbocycles. The molecule has 0 aromatic heterocycles. The minimum Gasteiger partial charge on any atom is -0.459 e. The molecule has 0 amide bonds. The smallest absolute Gasteiger partial charge is 0.306 e. The molecule has 0 saturated carbocycles. The third-order valence-corrected chi connectivity index (χ3v) is 3.64. The maximum absolute atomic E-state index is 11.0. The van der Waals surface area contributed by atoms with Crippen LogP contribution in [0.15, 0.2) is 17.9 Å². The maximum atomic E-state index is 11.0. The Morgan fingerprint density at radius 3 is 2.95 bits per heavy atom. The predicted molar refractivity (Wildman–Crippen MR) is 71.7 cm³/mol. The van der Waals surface area contributed by atoms with Crippen LogP contribution in [0.5, 0.6) is 0 Å². The molecule has 3 rings (SSSR count). The van der Waals surface area contributed by atoms with Crippen LogP contribution in [0.4, 0.5) is 0 Å². The number of aliphatic hydroxyl groups excluding tert-OH is 1. The molecule has 3 aliphatic rings. The van der Waals surface area contributed by atoms with Crippen LogP contribution in [0.25, 0.3) is 0 Å². The first-order valence-corrected chi connectivity index (χ1v) is 6.76. The van der Waals surface area contributed by atoms with Crippen LogP contribution in [0.3, 0.4) is 0 Å². The molecule has 5 heteroatoms. The lowest BCUT2D eigenvalue weighted by molar-refractivity contribution is -0.145. The Bertz CT molecular complexity index is 598. The van der Waals surface area contributed by atoms with Gasteiger partial charge >= 0.3 is 5.97 Å². The molecule has 3 aliphatic heterocycles. The summed E-state index contributed by atoms with van der Waals surface area (Å²) in [5, 5.41) is 10.1. The van der Waals surface area contributed by atoms with Crippen molar-refractivity contribution in [2.75, 3.05) is 0 Å². The maximum Gasteiger partial charge on any atom is 0.306 e. The number of aliphatic hydroxyl groups is 1. The predicted octanol–water partition coefficient (Wildman–Crippen LogP) is -0.0644. The van der Waals surface area contributed by atoms with Crippen LogP contribution in [0.2, 0.25) is 0 Å². The second-order valence-electron chi connectivity index (χ2n) is 5.08. The Balaban J connectivity index is 1.46. The van der Waals surface area contributed by atoms with Gasteiger partial charge in [-0.05, 0) is 24.3 Å². The van der Waals surface area contributed by atoms with E-state index in [4.69, 9.17) is 20.6 Å². The largest absolute Gasteiger partial charge is 0.459 e. The van der Waals surface area contributed by atoms with E-state index in [1.807, 2.05) is 0 Å². The van der Waals surface area contributed by atoms with Crippen LogP contribution < -0.4 is 0 Å². The molecule has 3 heterocycles. The Morgan fingerprint density at radius 2 is 2.24 bits per heavy atom. The second kappa shape index (κ2) is 5.77. The van der Waals surface area contributed by atoms with Gasteiger partial charge in [0.25, 0.3) is 0 Å². The van der Waals surface area contributed by atoms with Crippen molar-refractivity contribution in [1.29, 1.82) is 0 Å². The molecule has 0 unspecified atom stereocenters. The van der Waals surface area contributed by atoms with Gasteiger partial charge in [-0.2, -0.15) is 0 Å². The van der Waals surface area contributed by atoms with Crippen molar-refractivity contribution >= 4 is 5.97 Å². The summed E-state index contributed by atoms with van der Waals surface area (Å²) in [5.74, 6) is 6.99. The van der Waals surface area contributed by atoms with Crippen molar-refractivity contribution in [2.45, 2.75) is 49.5 Å². The number of esters is 1. The van der Waals surface area contributed by atoms with Gasteiger partial charge < -0.3 is 19.3 Å². The van der Waals surface area contributed by atoms with E-state index in [9.17, 15) is 9.90 Å². The van der Waals surface area contributed by atoms with E-state index in [-0.39, 0.29) is 30.4 Å². The summed E-state index contributed by atoms with van der Waals surface area (Å²) in [7, 11) is 0. The van der Waals surface area contributed by atoms with E-state index < -0.39 is 12.2 Å². The quantitative estimate of drug-likeness (QED) is 0.339. The molecule has 0 spiro atoms. The highest BCUT2D eigenvalue weighted by atomic mass is 16.7. The Hall–Kier alpha value is -2.01. The molecule has 21 heavy (non-hydrogen) atoms. The lowest BCUT2D eigenvalue weighted by atomic mass is 10.0. The average molecular weight is 286 g/mol. The van der Waals surface area contributed by atoms with Crippen molar-refractivity contribution in [1.82, 2.24) is 0 Å². The summed E-state index contributed by atoms with van der Waals surface area (Å²) in [5.41, 5.74) is 2.87. The first-order chi connectivity index (χ1) is 10.2. The fraction of sp³-hybridized carbons (Fsp3) is 0.500. The highest BCUT2D eigenvalue weighted by molar-refractivity contribution is 5.71. The van der Waals surface area contributed by atoms with E-state index in [1.165, 1.54) is 6.08 Å².